The van der Waals surface area contributed by atoms with Gasteiger partial charge in [-0.2, -0.15) is 0 Å². The number of ether oxygens (including phenoxy) is 1. The van der Waals surface area contributed by atoms with Crippen molar-refractivity contribution in [2.45, 2.75) is 25.0 Å². The second-order valence-corrected chi connectivity index (χ2v) is 6.30. The average molecular weight is 353 g/mol. The maximum atomic E-state index is 6.29. The van der Waals surface area contributed by atoms with Crippen LogP contribution in [0, 0.1) is 0 Å². The van der Waals surface area contributed by atoms with Gasteiger partial charge in [-0.25, -0.2) is 0 Å². The van der Waals surface area contributed by atoms with Gasteiger partial charge in [0.25, 0.3) is 0 Å². The van der Waals surface area contributed by atoms with Crippen molar-refractivity contribution >= 4 is 27.5 Å². The maximum Gasteiger partial charge on any atom is 0.119 e. The summed E-state index contributed by atoms with van der Waals surface area (Å²) in [5.41, 5.74) is 8.38. The summed E-state index contributed by atoms with van der Waals surface area (Å²) in [4.78, 5) is 0. The van der Waals surface area contributed by atoms with Crippen LogP contribution in [0.3, 0.4) is 0 Å². The van der Waals surface area contributed by atoms with E-state index in [4.69, 9.17) is 22.1 Å². The fourth-order valence-corrected chi connectivity index (χ4v) is 2.54. The Hall–Kier alpha value is -1.03. The molecule has 2 aromatic carbocycles. The second kappa shape index (κ2) is 5.76. The highest BCUT2D eigenvalue weighted by Gasteiger charge is 2.23. The molecule has 0 heterocycles. The Kier molecular flexibility index (Phi) is 4.01. The van der Waals surface area contributed by atoms with Crippen molar-refractivity contribution in [3.63, 3.8) is 0 Å². The van der Waals surface area contributed by atoms with Crippen molar-refractivity contribution < 1.29 is 4.74 Å². The minimum Gasteiger partial charge on any atom is -0.490 e. The smallest absolute Gasteiger partial charge is 0.119 e. The van der Waals surface area contributed by atoms with Crippen LogP contribution in [-0.4, -0.2) is 6.10 Å². The van der Waals surface area contributed by atoms with E-state index in [-0.39, 0.29) is 6.04 Å². The summed E-state index contributed by atoms with van der Waals surface area (Å²) in [6.45, 7) is 0. The van der Waals surface area contributed by atoms with E-state index in [2.05, 4.69) is 15.9 Å². The highest BCUT2D eigenvalue weighted by molar-refractivity contribution is 9.10. The van der Waals surface area contributed by atoms with Crippen molar-refractivity contribution in [3.8, 4) is 5.75 Å². The number of nitrogens with two attached hydrogens (primary N) is 1. The molecule has 4 heteroatoms. The van der Waals surface area contributed by atoms with Gasteiger partial charge < -0.3 is 10.5 Å². The van der Waals surface area contributed by atoms with E-state index in [0.717, 1.165) is 21.3 Å². The van der Waals surface area contributed by atoms with Gasteiger partial charge in [0.1, 0.15) is 5.75 Å². The van der Waals surface area contributed by atoms with Crippen LogP contribution in [0.1, 0.15) is 30.0 Å². The van der Waals surface area contributed by atoms with E-state index < -0.39 is 0 Å². The fraction of sp³-hybridized carbons (Fsp3) is 0.250. The standard InChI is InChI=1S/C16H15BrClNO/c17-14-9-11(3-8-15(14)18)16(19)10-1-4-12(5-2-10)20-13-6-7-13/h1-5,8-9,13,16H,6-7,19H2. The topological polar surface area (TPSA) is 35.2 Å². The van der Waals surface area contributed by atoms with Crippen molar-refractivity contribution in [2.75, 3.05) is 0 Å². The van der Waals surface area contributed by atoms with Crippen LogP contribution < -0.4 is 10.5 Å². The molecule has 1 aliphatic carbocycles. The minimum atomic E-state index is -0.168. The van der Waals surface area contributed by atoms with Crippen molar-refractivity contribution in [3.05, 3.63) is 63.1 Å². The van der Waals surface area contributed by atoms with E-state index >= 15 is 0 Å². The van der Waals surface area contributed by atoms with Crippen LogP contribution in [0.5, 0.6) is 5.75 Å². The number of benzene rings is 2. The zero-order chi connectivity index (χ0) is 14.1. The van der Waals surface area contributed by atoms with Crippen LogP contribution in [0.4, 0.5) is 0 Å². The van der Waals surface area contributed by atoms with E-state index in [0.29, 0.717) is 11.1 Å². The first-order valence-corrected chi connectivity index (χ1v) is 7.78. The largest absolute Gasteiger partial charge is 0.490 e. The highest BCUT2D eigenvalue weighted by Crippen LogP contribution is 2.30. The lowest BCUT2D eigenvalue weighted by molar-refractivity contribution is 0.303. The molecule has 0 aromatic heterocycles. The van der Waals surface area contributed by atoms with Crippen LogP contribution >= 0.6 is 27.5 Å². The predicted octanol–water partition coefficient (Wildman–Crippen LogP) is 4.69. The molecule has 20 heavy (non-hydrogen) atoms. The molecule has 1 unspecified atom stereocenters. The Morgan fingerprint density at radius 2 is 1.75 bits per heavy atom. The first kappa shape index (κ1) is 13.9. The molecule has 3 rings (SSSR count). The van der Waals surface area contributed by atoms with Crippen LogP contribution in [0.25, 0.3) is 0 Å². The average Bonchev–Trinajstić information content (AvgIpc) is 3.26. The molecule has 1 aliphatic rings. The van der Waals surface area contributed by atoms with Crippen molar-refractivity contribution in [1.29, 1.82) is 0 Å². The van der Waals surface area contributed by atoms with Crippen LogP contribution in [-0.2, 0) is 0 Å². The minimum absolute atomic E-state index is 0.168. The molecule has 0 amide bonds. The molecule has 2 N–H and O–H groups in total. The molecular formula is C16H15BrClNO. The van der Waals surface area contributed by atoms with E-state index in [1.54, 1.807) is 0 Å². The molecule has 104 valence electrons. The third-order valence-corrected chi connectivity index (χ3v) is 4.58. The monoisotopic (exact) mass is 351 g/mol. The molecule has 2 nitrogen and oxygen atoms in total. The summed E-state index contributed by atoms with van der Waals surface area (Å²) in [5, 5.41) is 0.689. The second-order valence-electron chi connectivity index (χ2n) is 5.04. The third-order valence-electron chi connectivity index (χ3n) is 3.37. The van der Waals surface area contributed by atoms with E-state index in [1.807, 2.05) is 42.5 Å². The molecular weight excluding hydrogens is 338 g/mol. The maximum absolute atomic E-state index is 6.29. The first-order chi connectivity index (χ1) is 9.63. The summed E-state index contributed by atoms with van der Waals surface area (Å²) in [6.07, 6.45) is 2.75. The van der Waals surface area contributed by atoms with Gasteiger partial charge in [0.2, 0.25) is 0 Å². The summed E-state index contributed by atoms with van der Waals surface area (Å²) >= 11 is 9.43. The normalized spacial score (nSPS) is 15.9. The first-order valence-electron chi connectivity index (χ1n) is 6.60. The van der Waals surface area contributed by atoms with Crippen molar-refractivity contribution in [1.82, 2.24) is 0 Å². The van der Waals surface area contributed by atoms with E-state index in [9.17, 15) is 0 Å². The Bertz CT molecular complexity index is 610. The third kappa shape index (κ3) is 3.17. The van der Waals surface area contributed by atoms with Gasteiger partial charge in [-0.3, -0.25) is 0 Å². The highest BCUT2D eigenvalue weighted by atomic mass is 79.9. The lowest BCUT2D eigenvalue weighted by atomic mass is 10.00. The Morgan fingerprint density at radius 1 is 1.10 bits per heavy atom. The predicted molar refractivity (Wildman–Crippen MR) is 85.3 cm³/mol. The van der Waals surface area contributed by atoms with Gasteiger partial charge in [-0.15, -0.1) is 0 Å². The number of hydrogen-bond acceptors (Lipinski definition) is 2. The summed E-state index contributed by atoms with van der Waals surface area (Å²) in [7, 11) is 0. The van der Waals surface area contributed by atoms with Gasteiger partial charge in [-0.05, 0) is 64.2 Å². The quantitative estimate of drug-likeness (QED) is 0.866. The van der Waals surface area contributed by atoms with Gasteiger partial charge in [-0.1, -0.05) is 29.8 Å². The Labute approximate surface area is 132 Å². The SMILES string of the molecule is NC(c1ccc(OC2CC2)cc1)c1ccc(Cl)c(Br)c1. The zero-order valence-corrected chi connectivity index (χ0v) is 13.2. The van der Waals surface area contributed by atoms with Gasteiger partial charge >= 0.3 is 0 Å². The van der Waals surface area contributed by atoms with Gasteiger partial charge in [0.15, 0.2) is 0 Å². The molecule has 1 fully saturated rings. The number of hydrogen-bond donors (Lipinski definition) is 1. The van der Waals surface area contributed by atoms with Crippen LogP contribution in [0.15, 0.2) is 46.9 Å². The fourth-order valence-electron chi connectivity index (χ4n) is 2.03. The van der Waals surface area contributed by atoms with E-state index in [1.165, 1.54) is 12.8 Å². The molecule has 0 bridgehead atoms. The zero-order valence-electron chi connectivity index (χ0n) is 10.9. The van der Waals surface area contributed by atoms with Gasteiger partial charge in [0, 0.05) is 4.47 Å². The lowest BCUT2D eigenvalue weighted by Crippen LogP contribution is -2.11. The Balaban J connectivity index is 1.78. The molecule has 1 saturated carbocycles. The molecule has 0 radical (unpaired) electrons. The number of halogens is 2. The summed E-state index contributed by atoms with van der Waals surface area (Å²) in [5.74, 6) is 0.917. The van der Waals surface area contributed by atoms with Crippen LogP contribution in [0.2, 0.25) is 5.02 Å². The van der Waals surface area contributed by atoms with Crippen molar-refractivity contribution in [2.24, 2.45) is 5.73 Å². The molecule has 0 aliphatic heterocycles. The summed E-state index contributed by atoms with van der Waals surface area (Å²) in [6, 6.07) is 13.6. The molecule has 2 aromatic rings. The lowest BCUT2D eigenvalue weighted by Gasteiger charge is -2.14. The Morgan fingerprint density at radius 3 is 2.35 bits per heavy atom. The number of rotatable bonds is 4. The van der Waals surface area contributed by atoms with Gasteiger partial charge in [0.05, 0.1) is 17.2 Å². The molecule has 1 atom stereocenters. The summed E-state index contributed by atoms with van der Waals surface area (Å²) < 4.78 is 6.60. The molecule has 0 spiro atoms. The molecule has 0 saturated heterocycles.